The van der Waals surface area contributed by atoms with Crippen molar-refractivity contribution in [2.75, 3.05) is 13.1 Å². The Labute approximate surface area is 145 Å². The van der Waals surface area contributed by atoms with Gasteiger partial charge in [-0.3, -0.25) is 14.6 Å². The molecule has 1 aromatic carbocycles. The Morgan fingerprint density at radius 2 is 2.12 bits per heavy atom. The third kappa shape index (κ3) is 3.41. The molecule has 0 bridgehead atoms. The van der Waals surface area contributed by atoms with Crippen molar-refractivity contribution in [2.45, 2.75) is 19.4 Å². The van der Waals surface area contributed by atoms with Gasteiger partial charge >= 0.3 is 0 Å². The molecule has 24 heavy (non-hydrogen) atoms. The topological polar surface area (TPSA) is 62.3 Å². The lowest BCUT2D eigenvalue weighted by Gasteiger charge is -2.35. The Kier molecular flexibility index (Phi) is 4.81. The van der Waals surface area contributed by atoms with Gasteiger partial charge in [0.1, 0.15) is 6.04 Å². The van der Waals surface area contributed by atoms with Crippen LogP contribution in [0.3, 0.4) is 0 Å². The number of pyridine rings is 1. The molecular formula is C18H18ClN3O2. The fourth-order valence-electron chi connectivity index (χ4n) is 2.82. The number of carbonyl (C=O) groups excluding carboxylic acids is 2. The van der Waals surface area contributed by atoms with Crippen LogP contribution in [0.25, 0.3) is 0 Å². The molecule has 1 fully saturated rings. The van der Waals surface area contributed by atoms with Crippen molar-refractivity contribution in [3.05, 3.63) is 64.4 Å². The van der Waals surface area contributed by atoms with E-state index >= 15 is 0 Å². The molecule has 1 atom stereocenters. The lowest BCUT2D eigenvalue weighted by Crippen LogP contribution is -2.52. The van der Waals surface area contributed by atoms with E-state index in [0.717, 1.165) is 11.3 Å². The molecule has 6 heteroatoms. The zero-order valence-corrected chi connectivity index (χ0v) is 14.1. The predicted molar refractivity (Wildman–Crippen MR) is 91.6 cm³/mol. The fraction of sp³-hybridized carbons (Fsp3) is 0.278. The van der Waals surface area contributed by atoms with E-state index in [4.69, 9.17) is 11.6 Å². The zero-order valence-electron chi connectivity index (χ0n) is 13.3. The van der Waals surface area contributed by atoms with Gasteiger partial charge in [0.2, 0.25) is 11.8 Å². The van der Waals surface area contributed by atoms with Gasteiger partial charge in [-0.1, -0.05) is 35.9 Å². The van der Waals surface area contributed by atoms with Crippen molar-refractivity contribution in [3.63, 3.8) is 0 Å². The highest BCUT2D eigenvalue weighted by Crippen LogP contribution is 2.29. The molecule has 2 aromatic rings. The minimum atomic E-state index is -0.696. The van der Waals surface area contributed by atoms with Crippen LogP contribution >= 0.6 is 11.6 Å². The maximum Gasteiger partial charge on any atom is 0.247 e. The normalized spacial score (nSPS) is 17.5. The van der Waals surface area contributed by atoms with E-state index in [1.807, 2.05) is 25.1 Å². The van der Waals surface area contributed by atoms with E-state index in [9.17, 15) is 9.59 Å². The van der Waals surface area contributed by atoms with Gasteiger partial charge in [-0.05, 0) is 24.6 Å². The van der Waals surface area contributed by atoms with Crippen LogP contribution in [0, 0.1) is 6.92 Å². The second-order valence-electron chi connectivity index (χ2n) is 5.79. The Morgan fingerprint density at radius 1 is 1.33 bits per heavy atom. The summed E-state index contributed by atoms with van der Waals surface area (Å²) in [4.78, 5) is 31.0. The average Bonchev–Trinajstić information content (AvgIpc) is 2.57. The van der Waals surface area contributed by atoms with Crippen LogP contribution in [-0.2, 0) is 16.0 Å². The van der Waals surface area contributed by atoms with Gasteiger partial charge in [-0.15, -0.1) is 0 Å². The number of hydrogen-bond acceptors (Lipinski definition) is 3. The van der Waals surface area contributed by atoms with Crippen molar-refractivity contribution in [1.82, 2.24) is 15.2 Å². The van der Waals surface area contributed by atoms with Crippen LogP contribution in [0.2, 0.25) is 5.02 Å². The Morgan fingerprint density at radius 3 is 2.83 bits per heavy atom. The number of aryl methyl sites for hydroxylation is 1. The summed E-state index contributed by atoms with van der Waals surface area (Å²) in [5.41, 5.74) is 2.37. The third-order valence-electron chi connectivity index (χ3n) is 4.06. The second-order valence-corrected chi connectivity index (χ2v) is 6.19. The summed E-state index contributed by atoms with van der Waals surface area (Å²) in [7, 11) is 0. The van der Waals surface area contributed by atoms with Gasteiger partial charge < -0.3 is 10.2 Å². The Bertz CT molecular complexity index is 761. The van der Waals surface area contributed by atoms with E-state index in [-0.39, 0.29) is 18.2 Å². The molecule has 3 rings (SSSR count). The molecule has 1 aromatic heterocycles. The van der Waals surface area contributed by atoms with Crippen molar-refractivity contribution >= 4 is 23.4 Å². The van der Waals surface area contributed by atoms with Gasteiger partial charge in [-0.2, -0.15) is 0 Å². The lowest BCUT2D eigenvalue weighted by atomic mass is 10.0. The Hall–Kier alpha value is -2.40. The van der Waals surface area contributed by atoms with Crippen LogP contribution in [0.4, 0.5) is 0 Å². The number of hydrogen-bond donors (Lipinski definition) is 1. The SMILES string of the molecule is Cc1ccc(CC(=O)N2CCNC(=O)[C@H]2c2ccccc2Cl)cn1. The molecule has 1 aliphatic heterocycles. The van der Waals surface area contributed by atoms with E-state index in [0.29, 0.717) is 23.7 Å². The molecule has 1 N–H and O–H groups in total. The third-order valence-corrected chi connectivity index (χ3v) is 4.40. The van der Waals surface area contributed by atoms with Gasteiger partial charge in [0.15, 0.2) is 0 Å². The number of amides is 2. The highest BCUT2D eigenvalue weighted by molar-refractivity contribution is 6.31. The minimum Gasteiger partial charge on any atom is -0.352 e. The van der Waals surface area contributed by atoms with Crippen LogP contribution in [0.1, 0.15) is 22.9 Å². The summed E-state index contributed by atoms with van der Waals surface area (Å²) in [6, 6.07) is 10.2. The summed E-state index contributed by atoms with van der Waals surface area (Å²) in [5, 5.41) is 3.29. The number of piperazine rings is 1. The van der Waals surface area contributed by atoms with Crippen molar-refractivity contribution in [3.8, 4) is 0 Å². The van der Waals surface area contributed by atoms with Gasteiger partial charge in [0, 0.05) is 35.6 Å². The molecule has 124 valence electrons. The standard InChI is InChI=1S/C18H18ClN3O2/c1-12-6-7-13(11-21-12)10-16(23)22-9-8-20-18(24)17(22)14-4-2-3-5-15(14)19/h2-7,11,17H,8-10H2,1H3,(H,20,24)/t17-/m1/s1. The summed E-state index contributed by atoms with van der Waals surface area (Å²) in [5.74, 6) is -0.315. The first kappa shape index (κ1) is 16.5. The highest BCUT2D eigenvalue weighted by Gasteiger charge is 2.35. The summed E-state index contributed by atoms with van der Waals surface area (Å²) in [6.07, 6.45) is 1.91. The average molecular weight is 344 g/mol. The molecule has 1 aliphatic rings. The maximum atomic E-state index is 12.8. The molecule has 2 amide bonds. The molecule has 0 saturated carbocycles. The van der Waals surface area contributed by atoms with Crippen molar-refractivity contribution in [2.24, 2.45) is 0 Å². The number of carbonyl (C=O) groups is 2. The lowest BCUT2D eigenvalue weighted by molar-refractivity contribution is -0.143. The van der Waals surface area contributed by atoms with Crippen LogP contribution in [0.5, 0.6) is 0 Å². The van der Waals surface area contributed by atoms with Crippen molar-refractivity contribution in [1.29, 1.82) is 0 Å². The molecule has 5 nitrogen and oxygen atoms in total. The van der Waals surface area contributed by atoms with Crippen molar-refractivity contribution < 1.29 is 9.59 Å². The summed E-state index contributed by atoms with van der Waals surface area (Å²) >= 11 is 6.24. The van der Waals surface area contributed by atoms with Gasteiger partial charge in [-0.25, -0.2) is 0 Å². The fourth-order valence-corrected chi connectivity index (χ4v) is 3.06. The molecule has 0 radical (unpaired) electrons. The number of rotatable bonds is 3. The van der Waals surface area contributed by atoms with E-state index in [2.05, 4.69) is 10.3 Å². The predicted octanol–water partition coefficient (Wildman–Crippen LogP) is 2.29. The van der Waals surface area contributed by atoms with Crippen LogP contribution < -0.4 is 5.32 Å². The summed E-state index contributed by atoms with van der Waals surface area (Å²) < 4.78 is 0. The monoisotopic (exact) mass is 343 g/mol. The van der Waals surface area contributed by atoms with E-state index in [1.165, 1.54) is 0 Å². The second kappa shape index (κ2) is 7.01. The molecule has 0 spiro atoms. The largest absolute Gasteiger partial charge is 0.352 e. The first-order valence-electron chi connectivity index (χ1n) is 7.79. The number of benzene rings is 1. The zero-order chi connectivity index (χ0) is 17.1. The van der Waals surface area contributed by atoms with Gasteiger partial charge in [0.05, 0.1) is 6.42 Å². The number of nitrogens with one attached hydrogen (secondary N) is 1. The van der Waals surface area contributed by atoms with E-state index in [1.54, 1.807) is 29.3 Å². The number of nitrogens with zero attached hydrogens (tertiary/aromatic N) is 2. The highest BCUT2D eigenvalue weighted by atomic mass is 35.5. The van der Waals surface area contributed by atoms with E-state index < -0.39 is 6.04 Å². The molecule has 0 aliphatic carbocycles. The Balaban J connectivity index is 1.86. The molecule has 0 unspecified atom stereocenters. The molecule has 1 saturated heterocycles. The quantitative estimate of drug-likeness (QED) is 0.930. The minimum absolute atomic E-state index is 0.111. The molecular weight excluding hydrogens is 326 g/mol. The maximum absolute atomic E-state index is 12.8. The molecule has 2 heterocycles. The first-order valence-corrected chi connectivity index (χ1v) is 8.17. The smallest absolute Gasteiger partial charge is 0.247 e. The van der Waals surface area contributed by atoms with Gasteiger partial charge in [0.25, 0.3) is 0 Å². The van der Waals surface area contributed by atoms with Crippen LogP contribution in [-0.4, -0.2) is 34.8 Å². The summed E-state index contributed by atoms with van der Waals surface area (Å²) in [6.45, 7) is 2.80. The van der Waals surface area contributed by atoms with Crippen LogP contribution in [0.15, 0.2) is 42.6 Å². The first-order chi connectivity index (χ1) is 11.6. The number of halogens is 1. The number of aromatic nitrogens is 1.